The maximum atomic E-state index is 6.25. The van der Waals surface area contributed by atoms with E-state index in [2.05, 4.69) is 11.4 Å². The van der Waals surface area contributed by atoms with E-state index in [1.54, 1.807) is 0 Å². The van der Waals surface area contributed by atoms with Crippen molar-refractivity contribution in [2.24, 2.45) is 5.73 Å². The predicted octanol–water partition coefficient (Wildman–Crippen LogP) is 2.27. The Kier molecular flexibility index (Phi) is 3.29. The fraction of sp³-hybridized carbons (Fsp3) is 0.500. The molecule has 0 radical (unpaired) electrons. The van der Waals surface area contributed by atoms with Crippen LogP contribution in [0.2, 0.25) is 5.02 Å². The summed E-state index contributed by atoms with van der Waals surface area (Å²) in [5, 5.41) is 4.41. The van der Waals surface area contributed by atoms with Crippen LogP contribution in [0.15, 0.2) is 24.3 Å². The second kappa shape index (κ2) is 4.52. The monoisotopic (exact) mass is 224 g/mol. The first-order chi connectivity index (χ1) is 7.28. The fourth-order valence-electron chi connectivity index (χ4n) is 2.48. The maximum absolute atomic E-state index is 6.25. The molecule has 3 heteroatoms. The van der Waals surface area contributed by atoms with Gasteiger partial charge in [0.05, 0.1) is 0 Å². The third kappa shape index (κ3) is 2.03. The van der Waals surface area contributed by atoms with Gasteiger partial charge in [0.25, 0.3) is 0 Å². The second-order valence-corrected chi connectivity index (χ2v) is 4.54. The van der Waals surface area contributed by atoms with Crippen molar-refractivity contribution in [2.75, 3.05) is 13.1 Å². The third-order valence-corrected chi connectivity index (χ3v) is 3.53. The molecule has 1 aromatic carbocycles. The van der Waals surface area contributed by atoms with Crippen molar-refractivity contribution in [3.63, 3.8) is 0 Å². The Balaban J connectivity index is 2.36. The zero-order chi connectivity index (χ0) is 10.7. The topological polar surface area (TPSA) is 38.0 Å². The lowest BCUT2D eigenvalue weighted by Gasteiger charge is -2.30. The number of nitrogens with one attached hydrogen (secondary N) is 1. The lowest BCUT2D eigenvalue weighted by atomic mass is 9.85. The average molecular weight is 225 g/mol. The number of halogens is 1. The lowest BCUT2D eigenvalue weighted by molar-refractivity contribution is 0.365. The standard InChI is InChI=1S/C12H17ClN2/c13-11-5-2-1-4-10(11)12(7-8-14)6-3-9-15-12/h1-2,4-5,15H,3,6-9,14H2. The fourth-order valence-corrected chi connectivity index (χ4v) is 2.80. The van der Waals surface area contributed by atoms with Crippen LogP contribution in [-0.2, 0) is 5.54 Å². The molecule has 0 aromatic heterocycles. The summed E-state index contributed by atoms with van der Waals surface area (Å²) in [6, 6.07) is 8.07. The van der Waals surface area contributed by atoms with Gasteiger partial charge in [-0.3, -0.25) is 0 Å². The number of hydrogen-bond acceptors (Lipinski definition) is 2. The van der Waals surface area contributed by atoms with E-state index in [1.807, 2.05) is 18.2 Å². The van der Waals surface area contributed by atoms with Crippen LogP contribution in [0.25, 0.3) is 0 Å². The van der Waals surface area contributed by atoms with E-state index in [0.717, 1.165) is 24.4 Å². The first-order valence-corrected chi connectivity index (χ1v) is 5.86. The van der Waals surface area contributed by atoms with Gasteiger partial charge in [0, 0.05) is 10.6 Å². The van der Waals surface area contributed by atoms with Crippen LogP contribution in [-0.4, -0.2) is 13.1 Å². The molecular formula is C12H17ClN2. The van der Waals surface area contributed by atoms with E-state index < -0.39 is 0 Å². The van der Waals surface area contributed by atoms with Crippen LogP contribution in [0, 0.1) is 0 Å². The van der Waals surface area contributed by atoms with Gasteiger partial charge in [0.15, 0.2) is 0 Å². The summed E-state index contributed by atoms with van der Waals surface area (Å²) in [5.41, 5.74) is 6.92. The van der Waals surface area contributed by atoms with Crippen molar-refractivity contribution in [3.8, 4) is 0 Å². The Morgan fingerprint density at radius 3 is 2.80 bits per heavy atom. The Labute approximate surface area is 95.8 Å². The molecule has 0 amide bonds. The molecule has 1 aromatic rings. The molecule has 2 rings (SSSR count). The summed E-state index contributed by atoms with van der Waals surface area (Å²) in [4.78, 5) is 0. The minimum Gasteiger partial charge on any atom is -0.330 e. The van der Waals surface area contributed by atoms with Gasteiger partial charge < -0.3 is 11.1 Å². The minimum absolute atomic E-state index is 0.0209. The summed E-state index contributed by atoms with van der Waals surface area (Å²) < 4.78 is 0. The Bertz CT molecular complexity index is 332. The summed E-state index contributed by atoms with van der Waals surface area (Å²) in [6.45, 7) is 1.75. The molecule has 0 bridgehead atoms. The van der Waals surface area contributed by atoms with Gasteiger partial charge in [-0.1, -0.05) is 29.8 Å². The average Bonchev–Trinajstić information content (AvgIpc) is 2.69. The van der Waals surface area contributed by atoms with Crippen molar-refractivity contribution in [2.45, 2.75) is 24.8 Å². The Morgan fingerprint density at radius 1 is 1.40 bits per heavy atom. The summed E-state index contributed by atoms with van der Waals surface area (Å²) in [7, 11) is 0. The molecule has 1 saturated heterocycles. The minimum atomic E-state index is 0.0209. The molecule has 1 aliphatic rings. The highest BCUT2D eigenvalue weighted by Crippen LogP contribution is 2.37. The van der Waals surface area contributed by atoms with Crippen LogP contribution >= 0.6 is 11.6 Å². The molecule has 82 valence electrons. The molecule has 1 aliphatic heterocycles. The van der Waals surface area contributed by atoms with Crippen LogP contribution in [0.4, 0.5) is 0 Å². The summed E-state index contributed by atoms with van der Waals surface area (Å²) in [6.07, 6.45) is 3.29. The number of nitrogens with two attached hydrogens (primary N) is 1. The molecule has 1 heterocycles. The third-order valence-electron chi connectivity index (χ3n) is 3.20. The zero-order valence-electron chi connectivity index (χ0n) is 8.80. The normalized spacial score (nSPS) is 25.7. The Hall–Kier alpha value is -0.570. The highest BCUT2D eigenvalue weighted by molar-refractivity contribution is 6.31. The van der Waals surface area contributed by atoms with Gasteiger partial charge in [-0.25, -0.2) is 0 Å². The van der Waals surface area contributed by atoms with E-state index >= 15 is 0 Å². The summed E-state index contributed by atoms with van der Waals surface area (Å²) >= 11 is 6.25. The zero-order valence-corrected chi connectivity index (χ0v) is 9.56. The van der Waals surface area contributed by atoms with Crippen molar-refractivity contribution >= 4 is 11.6 Å². The molecule has 0 saturated carbocycles. The SMILES string of the molecule is NCCC1(c2ccccc2Cl)CCCN1. The van der Waals surface area contributed by atoms with Gasteiger partial charge in [0.2, 0.25) is 0 Å². The van der Waals surface area contributed by atoms with Gasteiger partial charge in [-0.2, -0.15) is 0 Å². The first kappa shape index (κ1) is 10.9. The molecule has 15 heavy (non-hydrogen) atoms. The number of rotatable bonds is 3. The van der Waals surface area contributed by atoms with Gasteiger partial charge in [0.1, 0.15) is 0 Å². The molecular weight excluding hydrogens is 208 g/mol. The van der Waals surface area contributed by atoms with Crippen LogP contribution in [0.3, 0.4) is 0 Å². The lowest BCUT2D eigenvalue weighted by Crippen LogP contribution is -2.39. The van der Waals surface area contributed by atoms with Gasteiger partial charge >= 0.3 is 0 Å². The van der Waals surface area contributed by atoms with Crippen molar-refractivity contribution in [1.82, 2.24) is 5.32 Å². The molecule has 3 N–H and O–H groups in total. The summed E-state index contributed by atoms with van der Waals surface area (Å²) in [5.74, 6) is 0. The van der Waals surface area contributed by atoms with Gasteiger partial charge in [-0.15, -0.1) is 0 Å². The molecule has 2 nitrogen and oxygen atoms in total. The quantitative estimate of drug-likeness (QED) is 0.827. The molecule has 0 spiro atoms. The maximum Gasteiger partial charge on any atom is 0.0462 e. The van der Waals surface area contributed by atoms with Crippen molar-refractivity contribution in [1.29, 1.82) is 0 Å². The second-order valence-electron chi connectivity index (χ2n) is 4.13. The van der Waals surface area contributed by atoms with E-state index in [-0.39, 0.29) is 5.54 Å². The Morgan fingerprint density at radius 2 is 2.20 bits per heavy atom. The van der Waals surface area contributed by atoms with Crippen molar-refractivity contribution < 1.29 is 0 Å². The number of benzene rings is 1. The van der Waals surface area contributed by atoms with Gasteiger partial charge in [-0.05, 0) is 44.0 Å². The van der Waals surface area contributed by atoms with E-state index in [4.69, 9.17) is 17.3 Å². The molecule has 0 aliphatic carbocycles. The smallest absolute Gasteiger partial charge is 0.0462 e. The van der Waals surface area contributed by atoms with E-state index in [1.165, 1.54) is 12.0 Å². The van der Waals surface area contributed by atoms with Crippen LogP contribution in [0.5, 0.6) is 0 Å². The van der Waals surface area contributed by atoms with Crippen LogP contribution in [0.1, 0.15) is 24.8 Å². The highest BCUT2D eigenvalue weighted by atomic mass is 35.5. The van der Waals surface area contributed by atoms with E-state index in [9.17, 15) is 0 Å². The molecule has 1 atom stereocenters. The number of hydrogen-bond donors (Lipinski definition) is 2. The predicted molar refractivity (Wildman–Crippen MR) is 64.0 cm³/mol. The first-order valence-electron chi connectivity index (χ1n) is 5.49. The van der Waals surface area contributed by atoms with Crippen LogP contribution < -0.4 is 11.1 Å². The van der Waals surface area contributed by atoms with E-state index in [0.29, 0.717) is 6.54 Å². The largest absolute Gasteiger partial charge is 0.330 e. The van der Waals surface area contributed by atoms with Crippen molar-refractivity contribution in [3.05, 3.63) is 34.9 Å². The molecule has 1 unspecified atom stereocenters. The molecule has 1 fully saturated rings. The highest BCUT2D eigenvalue weighted by Gasteiger charge is 2.35.